The van der Waals surface area contributed by atoms with Crippen molar-refractivity contribution < 1.29 is 24.0 Å². The van der Waals surface area contributed by atoms with Crippen molar-refractivity contribution in [2.45, 2.75) is 6.92 Å². The Balaban J connectivity index is 1.65. The van der Waals surface area contributed by atoms with Gasteiger partial charge in [-0.3, -0.25) is 14.9 Å². The van der Waals surface area contributed by atoms with E-state index in [4.69, 9.17) is 9.47 Å². The average Bonchev–Trinajstić information content (AvgIpc) is 3.11. The van der Waals surface area contributed by atoms with Crippen LogP contribution in [0, 0.1) is 17.0 Å². The van der Waals surface area contributed by atoms with Gasteiger partial charge in [0, 0.05) is 22.5 Å². The number of fused-ring (bicyclic) bond motifs is 1. The van der Waals surface area contributed by atoms with Gasteiger partial charge in [-0.2, -0.15) is 0 Å². The largest absolute Gasteiger partial charge is 0.490 e. The molecule has 0 unspecified atom stereocenters. The molecule has 1 aromatic heterocycles. The van der Waals surface area contributed by atoms with E-state index < -0.39 is 23.4 Å². The van der Waals surface area contributed by atoms with Crippen LogP contribution in [-0.2, 0) is 9.53 Å². The van der Waals surface area contributed by atoms with Crippen molar-refractivity contribution in [3.05, 3.63) is 63.0 Å². The molecule has 0 saturated heterocycles. The molecule has 0 spiro atoms. The third kappa shape index (κ3) is 4.09. The summed E-state index contributed by atoms with van der Waals surface area (Å²) in [6, 6.07) is 11.9. The molecule has 8 nitrogen and oxygen atoms in total. The van der Waals surface area contributed by atoms with Gasteiger partial charge in [0.15, 0.2) is 12.4 Å². The van der Waals surface area contributed by atoms with E-state index in [1.807, 2.05) is 24.3 Å². The molecule has 3 rings (SSSR count). The van der Waals surface area contributed by atoms with E-state index >= 15 is 0 Å². The van der Waals surface area contributed by atoms with Gasteiger partial charge >= 0.3 is 11.7 Å². The molecule has 0 atom stereocenters. The summed E-state index contributed by atoms with van der Waals surface area (Å²) in [6.45, 7) is 1.14. The summed E-state index contributed by atoms with van der Waals surface area (Å²) >= 11 is 1.29. The number of nitro benzene ring substituents is 1. The van der Waals surface area contributed by atoms with Crippen LogP contribution in [0.4, 0.5) is 11.4 Å². The SMILES string of the molecule is COc1cc(NC(=O)COC(=O)c2cc3ccccc3s2)c(C)cc1[N+](=O)[O-]. The van der Waals surface area contributed by atoms with Gasteiger partial charge in [-0.25, -0.2) is 4.79 Å². The van der Waals surface area contributed by atoms with E-state index in [0.29, 0.717) is 16.1 Å². The van der Waals surface area contributed by atoms with Gasteiger partial charge in [0.1, 0.15) is 4.88 Å². The number of ether oxygens (including phenoxy) is 2. The van der Waals surface area contributed by atoms with Crippen molar-refractivity contribution in [1.82, 2.24) is 0 Å². The molecule has 144 valence electrons. The topological polar surface area (TPSA) is 108 Å². The van der Waals surface area contributed by atoms with Crippen LogP contribution in [0.25, 0.3) is 10.1 Å². The second-order valence-corrected chi connectivity index (χ2v) is 6.95. The fourth-order valence-corrected chi connectivity index (χ4v) is 3.54. The number of rotatable bonds is 6. The second-order valence-electron chi connectivity index (χ2n) is 5.87. The number of benzene rings is 2. The van der Waals surface area contributed by atoms with Crippen LogP contribution in [0.15, 0.2) is 42.5 Å². The van der Waals surface area contributed by atoms with E-state index in [9.17, 15) is 19.7 Å². The Hall–Kier alpha value is -3.46. The van der Waals surface area contributed by atoms with Gasteiger partial charge < -0.3 is 14.8 Å². The number of carbonyl (C=O) groups is 2. The van der Waals surface area contributed by atoms with E-state index in [1.54, 1.807) is 13.0 Å². The summed E-state index contributed by atoms with van der Waals surface area (Å²) in [5.74, 6) is -1.13. The van der Waals surface area contributed by atoms with Gasteiger partial charge in [-0.1, -0.05) is 18.2 Å². The predicted molar refractivity (Wildman–Crippen MR) is 105 cm³/mol. The van der Waals surface area contributed by atoms with Crippen LogP contribution >= 0.6 is 11.3 Å². The highest BCUT2D eigenvalue weighted by Gasteiger charge is 2.19. The fourth-order valence-electron chi connectivity index (χ4n) is 2.58. The summed E-state index contributed by atoms with van der Waals surface area (Å²) in [5.41, 5.74) is 0.622. The molecular weight excluding hydrogens is 384 g/mol. The summed E-state index contributed by atoms with van der Waals surface area (Å²) in [5, 5.41) is 14.5. The Bertz CT molecular complexity index is 1040. The zero-order valence-corrected chi connectivity index (χ0v) is 15.9. The van der Waals surface area contributed by atoms with E-state index in [0.717, 1.165) is 10.1 Å². The average molecular weight is 400 g/mol. The van der Waals surface area contributed by atoms with Crippen LogP contribution in [0.2, 0.25) is 0 Å². The molecule has 0 fully saturated rings. The van der Waals surface area contributed by atoms with Crippen molar-refractivity contribution in [3.8, 4) is 5.75 Å². The molecule has 2 aromatic carbocycles. The van der Waals surface area contributed by atoms with Crippen LogP contribution in [0.3, 0.4) is 0 Å². The molecule has 1 N–H and O–H groups in total. The van der Waals surface area contributed by atoms with Gasteiger partial charge in [0.05, 0.1) is 12.0 Å². The standard InChI is InChI=1S/C19H16N2O6S/c1-11-7-14(21(24)25)15(26-2)9-13(11)20-18(22)10-27-19(23)17-8-12-5-3-4-6-16(12)28-17/h3-9H,10H2,1-2H3,(H,20,22). The predicted octanol–water partition coefficient (Wildman–Crippen LogP) is 3.92. The Morgan fingerprint density at radius 1 is 1.21 bits per heavy atom. The summed E-state index contributed by atoms with van der Waals surface area (Å²) in [7, 11) is 1.30. The Labute approximate surface area is 163 Å². The Morgan fingerprint density at radius 3 is 2.64 bits per heavy atom. The number of esters is 1. The number of amides is 1. The maximum Gasteiger partial charge on any atom is 0.348 e. The molecule has 0 bridgehead atoms. The lowest BCUT2D eigenvalue weighted by atomic mass is 10.1. The normalized spacial score (nSPS) is 10.5. The minimum Gasteiger partial charge on any atom is -0.490 e. The minimum absolute atomic E-state index is 0.0215. The number of aryl methyl sites for hydroxylation is 1. The number of nitrogens with one attached hydrogen (secondary N) is 1. The summed E-state index contributed by atoms with van der Waals surface area (Å²) < 4.78 is 11.0. The van der Waals surface area contributed by atoms with E-state index in [1.165, 1.54) is 30.6 Å². The lowest BCUT2D eigenvalue weighted by Gasteiger charge is -2.11. The molecule has 0 aliphatic carbocycles. The first-order valence-corrected chi connectivity index (χ1v) is 8.99. The second kappa shape index (κ2) is 8.05. The highest BCUT2D eigenvalue weighted by molar-refractivity contribution is 7.20. The van der Waals surface area contributed by atoms with Crippen LogP contribution in [-0.4, -0.2) is 30.5 Å². The number of hydrogen-bond donors (Lipinski definition) is 1. The summed E-state index contributed by atoms with van der Waals surface area (Å²) in [6.07, 6.45) is 0. The first-order valence-electron chi connectivity index (χ1n) is 8.17. The minimum atomic E-state index is -0.589. The summed E-state index contributed by atoms with van der Waals surface area (Å²) in [4.78, 5) is 35.2. The lowest BCUT2D eigenvalue weighted by Crippen LogP contribution is -2.21. The molecule has 1 heterocycles. The maximum absolute atomic E-state index is 12.2. The quantitative estimate of drug-likeness (QED) is 0.382. The first-order chi connectivity index (χ1) is 13.4. The fraction of sp³-hybridized carbons (Fsp3) is 0.158. The van der Waals surface area contributed by atoms with Gasteiger partial charge in [-0.05, 0) is 30.0 Å². The number of hydrogen-bond acceptors (Lipinski definition) is 7. The van der Waals surface area contributed by atoms with Crippen molar-refractivity contribution in [2.75, 3.05) is 19.0 Å². The van der Waals surface area contributed by atoms with Gasteiger partial charge in [0.25, 0.3) is 5.91 Å². The number of nitrogens with zero attached hydrogens (tertiary/aromatic N) is 1. The molecule has 0 aliphatic rings. The number of carbonyl (C=O) groups excluding carboxylic acids is 2. The Kier molecular flexibility index (Phi) is 5.55. The van der Waals surface area contributed by atoms with Gasteiger partial charge in [-0.15, -0.1) is 11.3 Å². The number of nitro groups is 1. The first kappa shape index (κ1) is 19.3. The van der Waals surface area contributed by atoms with Crippen molar-refractivity contribution in [3.63, 3.8) is 0 Å². The Morgan fingerprint density at radius 2 is 1.96 bits per heavy atom. The van der Waals surface area contributed by atoms with E-state index in [-0.39, 0.29) is 11.4 Å². The zero-order valence-electron chi connectivity index (χ0n) is 15.1. The molecule has 28 heavy (non-hydrogen) atoms. The monoisotopic (exact) mass is 400 g/mol. The number of thiophene rings is 1. The van der Waals surface area contributed by atoms with Gasteiger partial charge in [0.2, 0.25) is 0 Å². The highest BCUT2D eigenvalue weighted by atomic mass is 32.1. The molecule has 9 heteroatoms. The molecule has 0 saturated carbocycles. The smallest absolute Gasteiger partial charge is 0.348 e. The molecule has 3 aromatic rings. The number of anilines is 1. The zero-order chi connectivity index (χ0) is 20.3. The molecule has 0 radical (unpaired) electrons. The maximum atomic E-state index is 12.2. The third-order valence-electron chi connectivity index (χ3n) is 3.96. The third-order valence-corrected chi connectivity index (χ3v) is 5.05. The highest BCUT2D eigenvalue weighted by Crippen LogP contribution is 2.32. The molecule has 1 amide bonds. The lowest BCUT2D eigenvalue weighted by molar-refractivity contribution is -0.385. The van der Waals surface area contributed by atoms with Crippen molar-refractivity contribution in [2.24, 2.45) is 0 Å². The van der Waals surface area contributed by atoms with Crippen molar-refractivity contribution >= 4 is 44.7 Å². The van der Waals surface area contributed by atoms with Crippen molar-refractivity contribution in [1.29, 1.82) is 0 Å². The van der Waals surface area contributed by atoms with Crippen LogP contribution < -0.4 is 10.1 Å². The number of methoxy groups -OCH3 is 1. The van der Waals surface area contributed by atoms with Crippen LogP contribution in [0.5, 0.6) is 5.75 Å². The van der Waals surface area contributed by atoms with E-state index in [2.05, 4.69) is 5.32 Å². The molecular formula is C19H16N2O6S. The van der Waals surface area contributed by atoms with Crippen LogP contribution in [0.1, 0.15) is 15.2 Å². The molecule has 0 aliphatic heterocycles.